The van der Waals surface area contributed by atoms with Crippen LogP contribution in [0.2, 0.25) is 0 Å². The first-order chi connectivity index (χ1) is 8.76. The van der Waals surface area contributed by atoms with E-state index in [4.69, 9.17) is 0 Å². The topological polar surface area (TPSA) is 39.1 Å². The lowest BCUT2D eigenvalue weighted by atomic mass is 10.1. The summed E-state index contributed by atoms with van der Waals surface area (Å²) in [6.07, 6.45) is 2.15. The maximum atomic E-state index is 9.21. The van der Waals surface area contributed by atoms with Gasteiger partial charge in [0, 0.05) is 18.3 Å². The molecule has 0 saturated heterocycles. The summed E-state index contributed by atoms with van der Waals surface area (Å²) in [5, 5.41) is 12.5. The van der Waals surface area contributed by atoms with Crippen LogP contribution < -0.4 is 10.2 Å². The SMILES string of the molecule is CCCNC(C#N)CN1c2ccccc2CC1C. The van der Waals surface area contributed by atoms with Crippen LogP contribution in [0.1, 0.15) is 25.8 Å². The van der Waals surface area contributed by atoms with Gasteiger partial charge >= 0.3 is 0 Å². The first kappa shape index (κ1) is 12.9. The fraction of sp³-hybridized carbons (Fsp3) is 0.533. The molecule has 0 amide bonds. The van der Waals surface area contributed by atoms with Gasteiger partial charge in [0.15, 0.2) is 0 Å². The van der Waals surface area contributed by atoms with Crippen LogP contribution in [0, 0.1) is 11.3 Å². The monoisotopic (exact) mass is 243 g/mol. The summed E-state index contributed by atoms with van der Waals surface area (Å²) >= 11 is 0. The van der Waals surface area contributed by atoms with Gasteiger partial charge in [0.1, 0.15) is 6.04 Å². The van der Waals surface area contributed by atoms with Gasteiger partial charge in [-0.25, -0.2) is 0 Å². The highest BCUT2D eigenvalue weighted by atomic mass is 15.2. The number of hydrogen-bond acceptors (Lipinski definition) is 3. The molecule has 0 spiro atoms. The molecule has 1 heterocycles. The zero-order valence-electron chi connectivity index (χ0n) is 11.2. The van der Waals surface area contributed by atoms with Gasteiger partial charge in [-0.1, -0.05) is 25.1 Å². The maximum absolute atomic E-state index is 9.21. The molecule has 0 radical (unpaired) electrons. The van der Waals surface area contributed by atoms with E-state index < -0.39 is 0 Å². The van der Waals surface area contributed by atoms with Crippen LogP contribution in [0.5, 0.6) is 0 Å². The van der Waals surface area contributed by atoms with E-state index in [1.165, 1.54) is 11.3 Å². The molecule has 1 aliphatic heterocycles. The van der Waals surface area contributed by atoms with Gasteiger partial charge < -0.3 is 10.2 Å². The second-order valence-electron chi connectivity index (χ2n) is 4.97. The first-order valence-electron chi connectivity index (χ1n) is 6.73. The van der Waals surface area contributed by atoms with E-state index in [9.17, 15) is 5.26 Å². The van der Waals surface area contributed by atoms with Gasteiger partial charge in [-0.05, 0) is 37.9 Å². The molecule has 1 aliphatic rings. The van der Waals surface area contributed by atoms with Gasteiger partial charge in [0.2, 0.25) is 0 Å². The van der Waals surface area contributed by atoms with Crippen LogP contribution in [0.15, 0.2) is 24.3 Å². The Morgan fingerprint density at radius 2 is 2.28 bits per heavy atom. The molecule has 18 heavy (non-hydrogen) atoms. The summed E-state index contributed by atoms with van der Waals surface area (Å²) in [4.78, 5) is 2.35. The van der Waals surface area contributed by atoms with E-state index in [2.05, 4.69) is 54.4 Å². The second kappa shape index (κ2) is 5.88. The van der Waals surface area contributed by atoms with Gasteiger partial charge in [-0.15, -0.1) is 0 Å². The van der Waals surface area contributed by atoms with Crippen LogP contribution in [0.3, 0.4) is 0 Å². The van der Waals surface area contributed by atoms with Crippen molar-refractivity contribution in [2.45, 2.75) is 38.8 Å². The lowest BCUT2D eigenvalue weighted by Gasteiger charge is -2.27. The third-order valence-electron chi connectivity index (χ3n) is 3.52. The summed E-state index contributed by atoms with van der Waals surface area (Å²) in [6, 6.07) is 11.3. The zero-order valence-corrected chi connectivity index (χ0v) is 11.2. The number of nitriles is 1. The number of rotatable bonds is 5. The van der Waals surface area contributed by atoms with Crippen molar-refractivity contribution in [2.75, 3.05) is 18.0 Å². The Morgan fingerprint density at radius 1 is 1.50 bits per heavy atom. The standard InChI is InChI=1S/C15H21N3/c1-3-8-17-14(10-16)11-18-12(2)9-13-6-4-5-7-15(13)18/h4-7,12,14,17H,3,8-9,11H2,1-2H3. The summed E-state index contributed by atoms with van der Waals surface area (Å²) in [6.45, 7) is 6.03. The molecule has 0 aromatic heterocycles. The van der Waals surface area contributed by atoms with Crippen LogP contribution in [0.25, 0.3) is 0 Å². The van der Waals surface area contributed by atoms with Crippen LogP contribution >= 0.6 is 0 Å². The van der Waals surface area contributed by atoms with Gasteiger partial charge in [-0.2, -0.15) is 5.26 Å². The molecule has 1 aromatic rings. The van der Waals surface area contributed by atoms with E-state index in [-0.39, 0.29) is 6.04 Å². The molecule has 0 fully saturated rings. The number of fused-ring (bicyclic) bond motifs is 1. The molecule has 96 valence electrons. The Balaban J connectivity index is 2.07. The average molecular weight is 243 g/mol. The van der Waals surface area contributed by atoms with Crippen LogP contribution in [-0.4, -0.2) is 25.2 Å². The molecule has 3 heteroatoms. The molecule has 3 nitrogen and oxygen atoms in total. The molecule has 0 bridgehead atoms. The van der Waals surface area contributed by atoms with E-state index >= 15 is 0 Å². The summed E-state index contributed by atoms with van der Waals surface area (Å²) in [7, 11) is 0. The smallest absolute Gasteiger partial charge is 0.113 e. The Hall–Kier alpha value is -1.53. The Kier molecular flexibility index (Phi) is 4.22. The Labute approximate surface area is 109 Å². The highest BCUT2D eigenvalue weighted by Crippen LogP contribution is 2.31. The van der Waals surface area contributed by atoms with Crippen molar-refractivity contribution >= 4 is 5.69 Å². The third-order valence-corrected chi connectivity index (χ3v) is 3.52. The first-order valence-corrected chi connectivity index (χ1v) is 6.73. The number of para-hydroxylation sites is 1. The molecule has 1 N–H and O–H groups in total. The minimum atomic E-state index is -0.0847. The quantitative estimate of drug-likeness (QED) is 0.862. The predicted octanol–water partition coefficient (Wildman–Crippen LogP) is 2.33. The van der Waals surface area contributed by atoms with Crippen molar-refractivity contribution in [3.8, 4) is 6.07 Å². The summed E-state index contributed by atoms with van der Waals surface area (Å²) in [5.41, 5.74) is 2.70. The molecular formula is C15H21N3. The normalized spacial score (nSPS) is 19.4. The van der Waals surface area contributed by atoms with E-state index in [1.807, 2.05) is 0 Å². The zero-order chi connectivity index (χ0) is 13.0. The number of nitrogens with one attached hydrogen (secondary N) is 1. The van der Waals surface area contributed by atoms with Gasteiger partial charge in [0.05, 0.1) is 6.07 Å². The molecular weight excluding hydrogens is 222 g/mol. The minimum absolute atomic E-state index is 0.0847. The van der Waals surface area contributed by atoms with Crippen molar-refractivity contribution in [2.24, 2.45) is 0 Å². The molecule has 2 rings (SSSR count). The molecule has 2 unspecified atom stereocenters. The number of benzene rings is 1. The van der Waals surface area contributed by atoms with Crippen molar-refractivity contribution in [1.29, 1.82) is 5.26 Å². The third kappa shape index (κ3) is 2.65. The van der Waals surface area contributed by atoms with Crippen molar-refractivity contribution in [3.63, 3.8) is 0 Å². The van der Waals surface area contributed by atoms with Gasteiger partial charge in [-0.3, -0.25) is 0 Å². The summed E-state index contributed by atoms with van der Waals surface area (Å²) < 4.78 is 0. The highest BCUT2D eigenvalue weighted by molar-refractivity contribution is 5.59. The van der Waals surface area contributed by atoms with E-state index in [0.29, 0.717) is 6.04 Å². The Bertz CT molecular complexity index is 436. The average Bonchev–Trinajstić information content (AvgIpc) is 2.70. The molecule has 0 aliphatic carbocycles. The molecule has 1 aromatic carbocycles. The minimum Gasteiger partial charge on any atom is -0.366 e. The molecule has 2 atom stereocenters. The fourth-order valence-corrected chi connectivity index (χ4v) is 2.57. The lowest BCUT2D eigenvalue weighted by Crippen LogP contribution is -2.42. The van der Waals surface area contributed by atoms with Crippen molar-refractivity contribution < 1.29 is 0 Å². The second-order valence-corrected chi connectivity index (χ2v) is 4.97. The van der Waals surface area contributed by atoms with Gasteiger partial charge in [0.25, 0.3) is 0 Å². The molecule has 0 saturated carbocycles. The van der Waals surface area contributed by atoms with Crippen LogP contribution in [0.4, 0.5) is 5.69 Å². The number of hydrogen-bond donors (Lipinski definition) is 1. The number of nitrogens with zero attached hydrogens (tertiary/aromatic N) is 2. The maximum Gasteiger partial charge on any atom is 0.113 e. The largest absolute Gasteiger partial charge is 0.366 e. The van der Waals surface area contributed by atoms with E-state index in [0.717, 1.165) is 25.9 Å². The van der Waals surface area contributed by atoms with Crippen molar-refractivity contribution in [3.05, 3.63) is 29.8 Å². The predicted molar refractivity (Wildman–Crippen MR) is 74.6 cm³/mol. The van der Waals surface area contributed by atoms with Crippen molar-refractivity contribution in [1.82, 2.24) is 5.32 Å². The Morgan fingerprint density at radius 3 is 3.00 bits per heavy atom. The van der Waals surface area contributed by atoms with E-state index in [1.54, 1.807) is 0 Å². The summed E-state index contributed by atoms with van der Waals surface area (Å²) in [5.74, 6) is 0. The van der Waals surface area contributed by atoms with Crippen LogP contribution in [-0.2, 0) is 6.42 Å². The number of anilines is 1. The lowest BCUT2D eigenvalue weighted by molar-refractivity contribution is 0.556. The fourth-order valence-electron chi connectivity index (χ4n) is 2.57. The highest BCUT2D eigenvalue weighted by Gasteiger charge is 2.27.